The van der Waals surface area contributed by atoms with Crippen molar-refractivity contribution in [2.75, 3.05) is 11.9 Å². The molecule has 6 nitrogen and oxygen atoms in total. The van der Waals surface area contributed by atoms with Crippen LogP contribution in [0, 0.1) is 19.7 Å². The summed E-state index contributed by atoms with van der Waals surface area (Å²) in [7, 11) is 0. The molecule has 1 aromatic carbocycles. The van der Waals surface area contributed by atoms with Gasteiger partial charge in [-0.15, -0.1) is 11.3 Å². The van der Waals surface area contributed by atoms with Gasteiger partial charge in [0, 0.05) is 10.4 Å². The molecule has 0 saturated carbocycles. The highest BCUT2D eigenvalue weighted by Gasteiger charge is 2.27. The molecule has 0 fully saturated rings. The van der Waals surface area contributed by atoms with E-state index in [0.717, 1.165) is 16.0 Å². The highest BCUT2D eigenvalue weighted by Crippen LogP contribution is 2.42. The van der Waals surface area contributed by atoms with Crippen molar-refractivity contribution in [3.8, 4) is 11.5 Å². The summed E-state index contributed by atoms with van der Waals surface area (Å²) in [6.45, 7) is 4.47. The van der Waals surface area contributed by atoms with Gasteiger partial charge in [-0.25, -0.2) is 4.39 Å². The fourth-order valence-electron chi connectivity index (χ4n) is 2.85. The van der Waals surface area contributed by atoms with Gasteiger partial charge in [-0.3, -0.25) is 4.79 Å². The highest BCUT2D eigenvalue weighted by atomic mass is 32.1. The number of anilines is 1. The van der Waals surface area contributed by atoms with Crippen molar-refractivity contribution in [1.82, 2.24) is 10.1 Å². The Labute approximate surface area is 153 Å². The summed E-state index contributed by atoms with van der Waals surface area (Å²) < 4.78 is 24.6. The van der Waals surface area contributed by atoms with Crippen LogP contribution in [0.3, 0.4) is 0 Å². The molecule has 1 N–H and O–H groups in total. The standard InChI is InChI=1S/C18H16FN3O3S/c1-9-3-4-11(7-13(9)19)16(23)21-18-15(17-20-10(2)22-25-17)12-5-6-24-8-14(12)26-18/h3-4,7H,5-6,8H2,1-2H3,(H,21,23). The molecular weight excluding hydrogens is 357 g/mol. The molecule has 3 aromatic rings. The highest BCUT2D eigenvalue weighted by molar-refractivity contribution is 7.17. The van der Waals surface area contributed by atoms with Crippen LogP contribution < -0.4 is 5.32 Å². The van der Waals surface area contributed by atoms with Crippen LogP contribution in [0.15, 0.2) is 22.7 Å². The Morgan fingerprint density at radius 2 is 2.19 bits per heavy atom. The number of amides is 1. The van der Waals surface area contributed by atoms with Crippen LogP contribution in [0.4, 0.5) is 9.39 Å². The molecule has 1 amide bonds. The van der Waals surface area contributed by atoms with Crippen molar-refractivity contribution in [3.05, 3.63) is 51.4 Å². The van der Waals surface area contributed by atoms with Crippen molar-refractivity contribution in [3.63, 3.8) is 0 Å². The molecule has 1 aliphatic rings. The molecule has 26 heavy (non-hydrogen) atoms. The monoisotopic (exact) mass is 373 g/mol. The zero-order valence-corrected chi connectivity index (χ0v) is 15.1. The molecule has 0 saturated heterocycles. The summed E-state index contributed by atoms with van der Waals surface area (Å²) in [5, 5.41) is 7.32. The molecule has 0 spiro atoms. The molecule has 3 heterocycles. The minimum Gasteiger partial charge on any atom is -0.376 e. The van der Waals surface area contributed by atoms with Crippen LogP contribution in [-0.2, 0) is 17.8 Å². The van der Waals surface area contributed by atoms with Crippen LogP contribution in [-0.4, -0.2) is 22.7 Å². The van der Waals surface area contributed by atoms with E-state index in [1.165, 1.54) is 17.4 Å². The second kappa shape index (κ2) is 6.62. The number of nitrogens with one attached hydrogen (secondary N) is 1. The number of aromatic nitrogens is 2. The van der Waals surface area contributed by atoms with Gasteiger partial charge in [0.15, 0.2) is 5.82 Å². The topological polar surface area (TPSA) is 77.2 Å². The Morgan fingerprint density at radius 3 is 2.92 bits per heavy atom. The van der Waals surface area contributed by atoms with E-state index in [-0.39, 0.29) is 11.5 Å². The Kier molecular flexibility index (Phi) is 4.29. The third-order valence-corrected chi connectivity index (χ3v) is 5.34. The lowest BCUT2D eigenvalue weighted by atomic mass is 10.1. The number of ether oxygens (including phenoxy) is 1. The van der Waals surface area contributed by atoms with Crippen molar-refractivity contribution in [2.45, 2.75) is 26.9 Å². The van der Waals surface area contributed by atoms with Gasteiger partial charge < -0.3 is 14.6 Å². The van der Waals surface area contributed by atoms with Crippen LogP contribution in [0.5, 0.6) is 0 Å². The Bertz CT molecular complexity index is 996. The fourth-order valence-corrected chi connectivity index (χ4v) is 4.03. The fraction of sp³-hybridized carbons (Fsp3) is 0.278. The number of rotatable bonds is 3. The summed E-state index contributed by atoms with van der Waals surface area (Å²) >= 11 is 1.42. The van der Waals surface area contributed by atoms with Crippen LogP contribution >= 0.6 is 11.3 Å². The van der Waals surface area contributed by atoms with Crippen molar-refractivity contribution in [1.29, 1.82) is 0 Å². The first-order chi connectivity index (χ1) is 12.5. The van der Waals surface area contributed by atoms with E-state index >= 15 is 0 Å². The predicted octanol–water partition coefficient (Wildman–Crippen LogP) is 3.88. The maximum Gasteiger partial charge on any atom is 0.261 e. The molecule has 0 atom stereocenters. The maximum absolute atomic E-state index is 13.8. The first kappa shape index (κ1) is 16.9. The first-order valence-corrected chi connectivity index (χ1v) is 8.95. The number of aryl methyl sites for hydroxylation is 2. The average Bonchev–Trinajstić information content (AvgIpc) is 3.20. The maximum atomic E-state index is 13.8. The lowest BCUT2D eigenvalue weighted by molar-refractivity contribution is 0.102. The number of hydrogen-bond acceptors (Lipinski definition) is 6. The number of fused-ring (bicyclic) bond motifs is 1. The zero-order valence-electron chi connectivity index (χ0n) is 14.3. The number of carbonyl (C=O) groups excluding carboxylic acids is 1. The lowest BCUT2D eigenvalue weighted by Gasteiger charge is -2.12. The second-order valence-electron chi connectivity index (χ2n) is 6.08. The number of halogens is 1. The van der Waals surface area contributed by atoms with Crippen molar-refractivity contribution < 1.29 is 18.4 Å². The third-order valence-electron chi connectivity index (χ3n) is 4.22. The van der Waals surface area contributed by atoms with Gasteiger partial charge in [-0.1, -0.05) is 11.2 Å². The van der Waals surface area contributed by atoms with Crippen molar-refractivity contribution >= 4 is 22.2 Å². The number of benzene rings is 1. The Morgan fingerprint density at radius 1 is 1.35 bits per heavy atom. The van der Waals surface area contributed by atoms with E-state index in [1.807, 2.05) is 0 Å². The van der Waals surface area contributed by atoms with E-state index in [1.54, 1.807) is 26.0 Å². The SMILES string of the molecule is Cc1noc(-c2c(NC(=O)c3ccc(C)c(F)c3)sc3c2CCOC3)n1. The smallest absolute Gasteiger partial charge is 0.261 e. The van der Waals surface area contributed by atoms with Gasteiger partial charge in [0.25, 0.3) is 11.8 Å². The quantitative estimate of drug-likeness (QED) is 0.754. The molecule has 0 aliphatic carbocycles. The zero-order chi connectivity index (χ0) is 18.3. The molecule has 4 rings (SSSR count). The normalized spacial score (nSPS) is 13.5. The largest absolute Gasteiger partial charge is 0.376 e. The average molecular weight is 373 g/mol. The molecule has 0 bridgehead atoms. The molecule has 2 aromatic heterocycles. The second-order valence-corrected chi connectivity index (χ2v) is 7.18. The van der Waals surface area contributed by atoms with Gasteiger partial charge in [0.1, 0.15) is 10.8 Å². The van der Waals surface area contributed by atoms with Crippen LogP contribution in [0.1, 0.15) is 32.2 Å². The van der Waals surface area contributed by atoms with Gasteiger partial charge in [0.05, 0.1) is 18.8 Å². The molecule has 1 aliphatic heterocycles. The molecule has 0 radical (unpaired) electrons. The van der Waals surface area contributed by atoms with E-state index in [2.05, 4.69) is 15.5 Å². The van der Waals surface area contributed by atoms with E-state index in [0.29, 0.717) is 41.9 Å². The minimum absolute atomic E-state index is 0.253. The Hall–Kier alpha value is -2.58. The number of thiophene rings is 1. The van der Waals surface area contributed by atoms with Gasteiger partial charge >= 0.3 is 0 Å². The number of carbonyl (C=O) groups is 1. The van der Waals surface area contributed by atoms with Crippen LogP contribution in [0.2, 0.25) is 0 Å². The summed E-state index contributed by atoms with van der Waals surface area (Å²) in [4.78, 5) is 17.9. The summed E-state index contributed by atoms with van der Waals surface area (Å²) in [5.41, 5.74) is 2.53. The van der Waals surface area contributed by atoms with E-state index < -0.39 is 5.82 Å². The molecular formula is C18H16FN3O3S. The molecule has 134 valence electrons. The predicted molar refractivity (Wildman–Crippen MR) is 94.8 cm³/mol. The van der Waals surface area contributed by atoms with E-state index in [9.17, 15) is 9.18 Å². The van der Waals surface area contributed by atoms with E-state index in [4.69, 9.17) is 9.26 Å². The van der Waals surface area contributed by atoms with Gasteiger partial charge in [-0.2, -0.15) is 4.98 Å². The summed E-state index contributed by atoms with van der Waals surface area (Å²) in [6, 6.07) is 4.42. The summed E-state index contributed by atoms with van der Waals surface area (Å²) in [6.07, 6.45) is 0.706. The number of hydrogen-bond donors (Lipinski definition) is 1. The van der Waals surface area contributed by atoms with Gasteiger partial charge in [-0.05, 0) is 43.5 Å². The third kappa shape index (κ3) is 3.02. The molecule has 0 unspecified atom stereocenters. The van der Waals surface area contributed by atoms with Crippen LogP contribution in [0.25, 0.3) is 11.5 Å². The minimum atomic E-state index is -0.413. The first-order valence-electron chi connectivity index (χ1n) is 8.13. The Balaban J connectivity index is 1.72. The van der Waals surface area contributed by atoms with Crippen molar-refractivity contribution in [2.24, 2.45) is 0 Å². The molecule has 8 heteroatoms. The lowest BCUT2D eigenvalue weighted by Crippen LogP contribution is -2.12. The number of nitrogens with zero attached hydrogens (tertiary/aromatic N) is 2. The summed E-state index contributed by atoms with van der Waals surface area (Å²) in [5.74, 6) is 0.0855. The van der Waals surface area contributed by atoms with Gasteiger partial charge in [0.2, 0.25) is 0 Å².